The van der Waals surface area contributed by atoms with Crippen molar-refractivity contribution >= 4 is 11.8 Å². The molecule has 2 N–H and O–H groups in total. The quantitative estimate of drug-likeness (QED) is 0.859. The van der Waals surface area contributed by atoms with Crippen LogP contribution >= 0.6 is 0 Å². The van der Waals surface area contributed by atoms with Gasteiger partial charge in [0.2, 0.25) is 11.8 Å². The smallest absolute Gasteiger partial charge is 0.350 e. The highest BCUT2D eigenvalue weighted by Crippen LogP contribution is 2.25. The lowest BCUT2D eigenvalue weighted by molar-refractivity contribution is -0.139. The minimum Gasteiger partial charge on any atom is -0.350 e. The Labute approximate surface area is 130 Å². The van der Waals surface area contributed by atoms with Gasteiger partial charge in [0.15, 0.2) is 0 Å². The predicted molar refractivity (Wildman–Crippen MR) is 76.6 cm³/mol. The lowest BCUT2D eigenvalue weighted by Crippen LogP contribution is -2.46. The first-order valence-electron chi connectivity index (χ1n) is 6.74. The Morgan fingerprint density at radius 3 is 2.30 bits per heavy atom. The minimum absolute atomic E-state index is 0.330. The molecular formula is C14H18F3N3O3. The van der Waals surface area contributed by atoms with E-state index in [1.54, 1.807) is 20.8 Å². The van der Waals surface area contributed by atoms with E-state index in [1.807, 2.05) is 0 Å². The van der Waals surface area contributed by atoms with E-state index in [0.717, 1.165) is 12.3 Å². The average Bonchev–Trinajstić information content (AvgIpc) is 2.35. The standard InChI is InChI=1S/C14H18F3N3O3/c1-13(2,3)19-10(21)7-18-11(22)8-20-6-4-5-9(12(20)23)14(15,16)17/h4-6H,7-8H2,1-3H3,(H,18,22)(H,19,21). The van der Waals surface area contributed by atoms with Crippen LogP contribution in [0.2, 0.25) is 0 Å². The molecule has 0 fully saturated rings. The molecule has 0 aliphatic heterocycles. The van der Waals surface area contributed by atoms with Crippen molar-refractivity contribution in [3.8, 4) is 0 Å². The molecule has 0 aromatic carbocycles. The molecule has 0 spiro atoms. The molecule has 0 saturated carbocycles. The summed E-state index contributed by atoms with van der Waals surface area (Å²) >= 11 is 0. The zero-order chi connectivity index (χ0) is 17.8. The maximum absolute atomic E-state index is 12.6. The summed E-state index contributed by atoms with van der Waals surface area (Å²) in [6.07, 6.45) is -3.71. The van der Waals surface area contributed by atoms with E-state index >= 15 is 0 Å². The second-order valence-electron chi connectivity index (χ2n) is 5.93. The molecule has 128 valence electrons. The van der Waals surface area contributed by atoms with Gasteiger partial charge >= 0.3 is 6.18 Å². The number of hydrogen-bond donors (Lipinski definition) is 2. The lowest BCUT2D eigenvalue weighted by Gasteiger charge is -2.20. The predicted octanol–water partition coefficient (Wildman–Crippen LogP) is 0.898. The third-order valence-electron chi connectivity index (χ3n) is 2.60. The SMILES string of the molecule is CC(C)(C)NC(=O)CNC(=O)Cn1cccc(C(F)(F)F)c1=O. The van der Waals surface area contributed by atoms with Crippen LogP contribution in [0.4, 0.5) is 13.2 Å². The molecule has 9 heteroatoms. The highest BCUT2D eigenvalue weighted by Gasteiger charge is 2.34. The fraction of sp³-hybridized carbons (Fsp3) is 0.500. The first kappa shape index (κ1) is 18.7. The summed E-state index contributed by atoms with van der Waals surface area (Å²) in [7, 11) is 0. The van der Waals surface area contributed by atoms with E-state index in [-0.39, 0.29) is 6.54 Å². The second kappa shape index (κ2) is 6.84. The molecular weight excluding hydrogens is 315 g/mol. The maximum Gasteiger partial charge on any atom is 0.421 e. The minimum atomic E-state index is -4.79. The van der Waals surface area contributed by atoms with Gasteiger partial charge in [-0.3, -0.25) is 14.4 Å². The number of aromatic nitrogens is 1. The van der Waals surface area contributed by atoms with Crippen molar-refractivity contribution in [2.45, 2.75) is 39.0 Å². The monoisotopic (exact) mass is 333 g/mol. The van der Waals surface area contributed by atoms with Gasteiger partial charge in [-0.2, -0.15) is 13.2 Å². The van der Waals surface area contributed by atoms with Crippen molar-refractivity contribution in [2.24, 2.45) is 0 Å². The van der Waals surface area contributed by atoms with Crippen LogP contribution in [0.1, 0.15) is 26.3 Å². The molecule has 1 heterocycles. The van der Waals surface area contributed by atoms with Gasteiger partial charge in [0.1, 0.15) is 12.1 Å². The van der Waals surface area contributed by atoms with E-state index in [9.17, 15) is 27.6 Å². The molecule has 6 nitrogen and oxygen atoms in total. The van der Waals surface area contributed by atoms with Crippen LogP contribution in [0.5, 0.6) is 0 Å². The van der Waals surface area contributed by atoms with Crippen molar-refractivity contribution < 1.29 is 22.8 Å². The Morgan fingerprint density at radius 2 is 1.78 bits per heavy atom. The van der Waals surface area contributed by atoms with Crippen molar-refractivity contribution in [3.05, 3.63) is 34.2 Å². The maximum atomic E-state index is 12.6. The van der Waals surface area contributed by atoms with Crippen LogP contribution in [-0.4, -0.2) is 28.5 Å². The van der Waals surface area contributed by atoms with Gasteiger partial charge in [-0.15, -0.1) is 0 Å². The van der Waals surface area contributed by atoms with Gasteiger partial charge in [0.25, 0.3) is 5.56 Å². The summed E-state index contributed by atoms with van der Waals surface area (Å²) in [5, 5.41) is 4.85. The number of nitrogens with one attached hydrogen (secondary N) is 2. The van der Waals surface area contributed by atoms with Crippen molar-refractivity contribution in [1.29, 1.82) is 0 Å². The van der Waals surface area contributed by atoms with Crippen LogP contribution in [0.3, 0.4) is 0 Å². The van der Waals surface area contributed by atoms with Crippen molar-refractivity contribution in [1.82, 2.24) is 15.2 Å². The lowest BCUT2D eigenvalue weighted by atomic mass is 10.1. The van der Waals surface area contributed by atoms with Gasteiger partial charge in [-0.1, -0.05) is 0 Å². The van der Waals surface area contributed by atoms with Crippen molar-refractivity contribution in [2.75, 3.05) is 6.54 Å². The zero-order valence-corrected chi connectivity index (χ0v) is 13.0. The van der Waals surface area contributed by atoms with Gasteiger partial charge in [0, 0.05) is 11.7 Å². The van der Waals surface area contributed by atoms with E-state index in [1.165, 1.54) is 0 Å². The highest BCUT2D eigenvalue weighted by molar-refractivity contribution is 5.84. The number of carbonyl (C=O) groups excluding carboxylic acids is 2. The summed E-state index contributed by atoms with van der Waals surface area (Å²) in [6, 6.07) is 1.68. The molecule has 23 heavy (non-hydrogen) atoms. The number of halogens is 3. The largest absolute Gasteiger partial charge is 0.421 e. The van der Waals surface area contributed by atoms with Crippen LogP contribution in [0.15, 0.2) is 23.1 Å². The third-order valence-corrected chi connectivity index (χ3v) is 2.60. The number of nitrogens with zero attached hydrogens (tertiary/aromatic N) is 1. The number of alkyl halides is 3. The van der Waals surface area contributed by atoms with E-state index < -0.39 is 41.2 Å². The molecule has 1 aromatic rings. The first-order chi connectivity index (χ1) is 10.4. The van der Waals surface area contributed by atoms with E-state index in [4.69, 9.17) is 0 Å². The Bertz CT molecular complexity index is 645. The van der Waals surface area contributed by atoms with E-state index in [0.29, 0.717) is 10.6 Å². The van der Waals surface area contributed by atoms with Gasteiger partial charge < -0.3 is 15.2 Å². The van der Waals surface area contributed by atoms with Crippen LogP contribution in [0.25, 0.3) is 0 Å². The normalized spacial score (nSPS) is 11.9. The topological polar surface area (TPSA) is 80.2 Å². The molecule has 0 radical (unpaired) electrons. The molecule has 0 aliphatic rings. The molecule has 1 aromatic heterocycles. The Balaban J connectivity index is 2.69. The summed E-state index contributed by atoms with van der Waals surface area (Å²) in [6.45, 7) is 4.34. The average molecular weight is 333 g/mol. The van der Waals surface area contributed by atoms with Crippen LogP contribution in [-0.2, 0) is 22.3 Å². The second-order valence-corrected chi connectivity index (χ2v) is 5.93. The molecule has 0 bridgehead atoms. The van der Waals surface area contributed by atoms with Crippen LogP contribution < -0.4 is 16.2 Å². The Hall–Kier alpha value is -2.32. The zero-order valence-electron chi connectivity index (χ0n) is 13.0. The molecule has 0 unspecified atom stereocenters. The third kappa shape index (κ3) is 6.13. The molecule has 0 saturated heterocycles. The molecule has 1 rings (SSSR count). The highest BCUT2D eigenvalue weighted by atomic mass is 19.4. The number of hydrogen-bond acceptors (Lipinski definition) is 3. The Morgan fingerprint density at radius 1 is 1.17 bits per heavy atom. The van der Waals surface area contributed by atoms with Gasteiger partial charge in [-0.05, 0) is 32.9 Å². The Kier molecular flexibility index (Phi) is 5.57. The summed E-state index contributed by atoms with van der Waals surface area (Å²) < 4.78 is 38.5. The van der Waals surface area contributed by atoms with E-state index in [2.05, 4.69) is 10.6 Å². The molecule has 2 amide bonds. The summed E-state index contributed by atoms with van der Waals surface area (Å²) in [4.78, 5) is 34.8. The van der Waals surface area contributed by atoms with Gasteiger partial charge in [-0.25, -0.2) is 0 Å². The molecule has 0 atom stereocenters. The fourth-order valence-electron chi connectivity index (χ4n) is 1.73. The van der Waals surface area contributed by atoms with Crippen LogP contribution in [0, 0.1) is 0 Å². The number of pyridine rings is 1. The number of rotatable bonds is 4. The van der Waals surface area contributed by atoms with Crippen molar-refractivity contribution in [3.63, 3.8) is 0 Å². The fourth-order valence-corrected chi connectivity index (χ4v) is 1.73. The number of carbonyl (C=O) groups is 2. The first-order valence-corrected chi connectivity index (χ1v) is 6.74. The van der Waals surface area contributed by atoms with Gasteiger partial charge in [0.05, 0.1) is 6.54 Å². The number of amides is 2. The summed E-state index contributed by atoms with van der Waals surface area (Å²) in [5.41, 5.74) is -3.13. The molecule has 0 aliphatic carbocycles. The summed E-state index contributed by atoms with van der Waals surface area (Å²) in [5.74, 6) is -1.18.